The van der Waals surface area contributed by atoms with Gasteiger partial charge in [0.05, 0.1) is 30.3 Å². The molecule has 3 aromatic heterocycles. The minimum absolute atomic E-state index is 0.0855. The molecule has 5 rings (SSSR count). The van der Waals surface area contributed by atoms with Crippen molar-refractivity contribution in [3.05, 3.63) is 76.4 Å². The Balaban J connectivity index is 1.44. The highest BCUT2D eigenvalue weighted by atomic mass is 32.1. The molecular weight excluding hydrogens is 450 g/mol. The normalized spacial score (nSPS) is 11.0. The SMILES string of the molecule is COc1ncccc1-c1ccc(O)c(-c2nc3ccc(C(=O)NCc4nc(C)cs4)cc3[nH]2)c1. The number of carbonyl (C=O) groups is 1. The van der Waals surface area contributed by atoms with Gasteiger partial charge < -0.3 is 20.1 Å². The second kappa shape index (κ2) is 8.95. The van der Waals surface area contributed by atoms with E-state index >= 15 is 0 Å². The number of hydrogen-bond acceptors (Lipinski definition) is 7. The van der Waals surface area contributed by atoms with Crippen LogP contribution in [0.3, 0.4) is 0 Å². The lowest BCUT2D eigenvalue weighted by atomic mass is 10.0. The van der Waals surface area contributed by atoms with Crippen LogP contribution < -0.4 is 10.1 Å². The van der Waals surface area contributed by atoms with E-state index in [1.165, 1.54) is 11.3 Å². The molecule has 9 heteroatoms. The van der Waals surface area contributed by atoms with Gasteiger partial charge in [0, 0.05) is 28.4 Å². The fraction of sp³-hybridized carbons (Fsp3) is 0.120. The zero-order chi connectivity index (χ0) is 23.7. The zero-order valence-corrected chi connectivity index (χ0v) is 19.3. The number of fused-ring (bicyclic) bond motifs is 1. The van der Waals surface area contributed by atoms with Gasteiger partial charge in [0.2, 0.25) is 5.88 Å². The number of nitrogens with zero attached hydrogens (tertiary/aromatic N) is 3. The molecule has 0 spiro atoms. The smallest absolute Gasteiger partial charge is 0.251 e. The van der Waals surface area contributed by atoms with Crippen molar-refractivity contribution in [2.45, 2.75) is 13.5 Å². The third-order valence-corrected chi connectivity index (χ3v) is 6.30. The van der Waals surface area contributed by atoms with Crippen LogP contribution in [0.1, 0.15) is 21.1 Å². The quantitative estimate of drug-likeness (QED) is 0.331. The summed E-state index contributed by atoms with van der Waals surface area (Å²) >= 11 is 1.52. The Labute approximate surface area is 199 Å². The summed E-state index contributed by atoms with van der Waals surface area (Å²) in [6, 6.07) is 14.2. The lowest BCUT2D eigenvalue weighted by Gasteiger charge is -2.09. The summed E-state index contributed by atoms with van der Waals surface area (Å²) in [6.45, 7) is 2.30. The summed E-state index contributed by atoms with van der Waals surface area (Å²) in [5, 5.41) is 16.2. The number of nitrogens with one attached hydrogen (secondary N) is 2. The summed E-state index contributed by atoms with van der Waals surface area (Å²) in [7, 11) is 1.57. The number of thiazole rings is 1. The third kappa shape index (κ3) is 4.20. The Hall–Kier alpha value is -4.24. The van der Waals surface area contributed by atoms with Gasteiger partial charge in [-0.2, -0.15) is 0 Å². The van der Waals surface area contributed by atoms with Gasteiger partial charge in [-0.3, -0.25) is 4.79 Å². The molecule has 170 valence electrons. The highest BCUT2D eigenvalue weighted by Gasteiger charge is 2.15. The number of rotatable bonds is 6. The number of aromatic hydroxyl groups is 1. The number of aryl methyl sites for hydroxylation is 1. The Kier molecular flexibility index (Phi) is 5.69. The predicted octanol–water partition coefficient (Wildman–Crippen LogP) is 4.70. The molecule has 0 aliphatic carbocycles. The summed E-state index contributed by atoms with van der Waals surface area (Å²) in [5.41, 5.74) is 4.99. The fourth-order valence-electron chi connectivity index (χ4n) is 3.69. The number of ether oxygens (including phenoxy) is 1. The number of benzene rings is 2. The molecule has 0 aliphatic rings. The molecule has 0 fully saturated rings. The Morgan fingerprint density at radius 1 is 1.15 bits per heavy atom. The average Bonchev–Trinajstić information content (AvgIpc) is 3.48. The van der Waals surface area contributed by atoms with Crippen molar-refractivity contribution in [2.75, 3.05) is 7.11 Å². The van der Waals surface area contributed by atoms with Crippen molar-refractivity contribution in [1.82, 2.24) is 25.3 Å². The number of H-pyrrole nitrogens is 1. The molecule has 2 aromatic carbocycles. The summed E-state index contributed by atoms with van der Waals surface area (Å²) in [4.78, 5) is 29.1. The third-order valence-electron chi connectivity index (χ3n) is 5.34. The van der Waals surface area contributed by atoms with Crippen LogP contribution in [0.5, 0.6) is 11.6 Å². The van der Waals surface area contributed by atoms with Crippen molar-refractivity contribution < 1.29 is 14.6 Å². The minimum atomic E-state index is -0.195. The maximum absolute atomic E-state index is 12.6. The molecule has 0 atom stereocenters. The topological polar surface area (TPSA) is 113 Å². The number of hydrogen-bond donors (Lipinski definition) is 3. The maximum atomic E-state index is 12.6. The number of phenols is 1. The number of amides is 1. The van der Waals surface area contributed by atoms with Gasteiger partial charge in [-0.1, -0.05) is 6.07 Å². The van der Waals surface area contributed by atoms with Gasteiger partial charge >= 0.3 is 0 Å². The van der Waals surface area contributed by atoms with Crippen LogP contribution in [-0.4, -0.2) is 38.1 Å². The van der Waals surface area contributed by atoms with E-state index in [0.717, 1.165) is 21.8 Å². The number of imidazole rings is 1. The van der Waals surface area contributed by atoms with Crippen LogP contribution in [0.15, 0.2) is 60.1 Å². The number of aromatic nitrogens is 4. The van der Waals surface area contributed by atoms with Crippen LogP contribution in [0.25, 0.3) is 33.5 Å². The molecule has 0 aliphatic heterocycles. The van der Waals surface area contributed by atoms with Crippen molar-refractivity contribution in [3.63, 3.8) is 0 Å². The second-order valence-electron chi connectivity index (χ2n) is 7.67. The highest BCUT2D eigenvalue weighted by Crippen LogP contribution is 2.35. The van der Waals surface area contributed by atoms with E-state index in [1.807, 2.05) is 30.5 Å². The Bertz CT molecular complexity index is 1510. The number of aromatic amines is 1. The first-order chi connectivity index (χ1) is 16.5. The van der Waals surface area contributed by atoms with Gasteiger partial charge in [0.1, 0.15) is 16.6 Å². The zero-order valence-electron chi connectivity index (χ0n) is 18.5. The van der Waals surface area contributed by atoms with E-state index in [-0.39, 0.29) is 11.7 Å². The van der Waals surface area contributed by atoms with Crippen molar-refractivity contribution in [2.24, 2.45) is 0 Å². The molecular formula is C25H21N5O3S. The second-order valence-corrected chi connectivity index (χ2v) is 8.62. The van der Waals surface area contributed by atoms with Crippen LogP contribution >= 0.6 is 11.3 Å². The first-order valence-corrected chi connectivity index (χ1v) is 11.4. The molecule has 0 unspecified atom stereocenters. The summed E-state index contributed by atoms with van der Waals surface area (Å²) in [5.74, 6) is 0.877. The standard InChI is InChI=1S/C25H21N5O3S/c1-14-13-34-22(28-14)12-27-24(32)16-5-7-19-20(11-16)30-23(29-19)18-10-15(6-8-21(18)31)17-4-3-9-26-25(17)33-2/h3-11,13,31H,12H2,1-2H3,(H,27,32)(H,29,30). The molecule has 3 heterocycles. The molecule has 8 nitrogen and oxygen atoms in total. The van der Waals surface area contributed by atoms with E-state index in [0.29, 0.717) is 40.4 Å². The minimum Gasteiger partial charge on any atom is -0.507 e. The van der Waals surface area contributed by atoms with E-state index in [4.69, 9.17) is 4.74 Å². The molecule has 0 radical (unpaired) electrons. The molecule has 5 aromatic rings. The molecule has 0 saturated heterocycles. The first kappa shape index (κ1) is 21.6. The number of pyridine rings is 1. The molecule has 3 N–H and O–H groups in total. The van der Waals surface area contributed by atoms with Gasteiger partial charge in [-0.25, -0.2) is 15.0 Å². The maximum Gasteiger partial charge on any atom is 0.251 e. The fourth-order valence-corrected chi connectivity index (χ4v) is 4.40. The molecule has 34 heavy (non-hydrogen) atoms. The first-order valence-electron chi connectivity index (χ1n) is 10.5. The molecule has 0 saturated carbocycles. The monoisotopic (exact) mass is 471 g/mol. The number of phenolic OH excluding ortho intramolecular Hbond substituents is 1. The van der Waals surface area contributed by atoms with Crippen molar-refractivity contribution in [1.29, 1.82) is 0 Å². The van der Waals surface area contributed by atoms with Crippen LogP contribution in [-0.2, 0) is 6.54 Å². The summed E-state index contributed by atoms with van der Waals surface area (Å²) < 4.78 is 5.37. The van der Waals surface area contributed by atoms with Gasteiger partial charge in [-0.15, -0.1) is 11.3 Å². The number of carbonyl (C=O) groups excluding carboxylic acids is 1. The lowest BCUT2D eigenvalue weighted by molar-refractivity contribution is 0.0951. The summed E-state index contributed by atoms with van der Waals surface area (Å²) in [6.07, 6.45) is 1.66. The highest BCUT2D eigenvalue weighted by molar-refractivity contribution is 7.09. The van der Waals surface area contributed by atoms with E-state index in [9.17, 15) is 9.90 Å². The predicted molar refractivity (Wildman–Crippen MR) is 131 cm³/mol. The van der Waals surface area contributed by atoms with Crippen molar-refractivity contribution in [3.8, 4) is 34.1 Å². The van der Waals surface area contributed by atoms with Crippen molar-refractivity contribution >= 4 is 28.3 Å². The van der Waals surface area contributed by atoms with E-state index in [2.05, 4.69) is 25.3 Å². The van der Waals surface area contributed by atoms with E-state index < -0.39 is 0 Å². The van der Waals surface area contributed by atoms with E-state index in [1.54, 1.807) is 43.6 Å². The average molecular weight is 472 g/mol. The number of methoxy groups -OCH3 is 1. The molecule has 1 amide bonds. The Morgan fingerprint density at radius 2 is 2.03 bits per heavy atom. The molecule has 0 bridgehead atoms. The largest absolute Gasteiger partial charge is 0.507 e. The van der Waals surface area contributed by atoms with Crippen LogP contribution in [0.4, 0.5) is 0 Å². The van der Waals surface area contributed by atoms with Gasteiger partial charge in [0.25, 0.3) is 5.91 Å². The van der Waals surface area contributed by atoms with Crippen LogP contribution in [0, 0.1) is 6.92 Å². The van der Waals surface area contributed by atoms with Gasteiger partial charge in [0.15, 0.2) is 0 Å². The van der Waals surface area contributed by atoms with Crippen LogP contribution in [0.2, 0.25) is 0 Å². The lowest BCUT2D eigenvalue weighted by Crippen LogP contribution is -2.22. The van der Waals surface area contributed by atoms with Gasteiger partial charge in [-0.05, 0) is 55.0 Å². The Morgan fingerprint density at radius 3 is 2.82 bits per heavy atom.